The Hall–Kier alpha value is -2.00. The maximum Gasteiger partial charge on any atom is 0.423 e. The molecule has 3 aliphatic rings. The van der Waals surface area contributed by atoms with E-state index in [4.69, 9.17) is 0 Å². The van der Waals surface area contributed by atoms with Gasteiger partial charge in [-0.25, -0.2) is 0 Å². The van der Waals surface area contributed by atoms with Gasteiger partial charge in [-0.15, -0.1) is 21.3 Å². The summed E-state index contributed by atoms with van der Waals surface area (Å²) >= 11 is 0. The molecule has 35 heavy (non-hydrogen) atoms. The number of rotatable bonds is 3. The number of benzene rings is 2. The van der Waals surface area contributed by atoms with E-state index < -0.39 is 29.1 Å². The van der Waals surface area contributed by atoms with E-state index in [9.17, 15) is 16.8 Å². The Morgan fingerprint density at radius 3 is 1.77 bits per heavy atom. The number of halogens is 5. The SMILES string of the molecule is FP1(F)=NP(F)(F)=NP(F)(C2=C(c3ccccc3)C=C(c3ccccc3)[C@H]3CC/C=C\CC[C@@H]23)=N1. The van der Waals surface area contributed by atoms with Crippen LogP contribution in [0.2, 0.25) is 0 Å². The molecule has 0 bridgehead atoms. The van der Waals surface area contributed by atoms with Crippen molar-refractivity contribution < 1.29 is 21.0 Å². The summed E-state index contributed by atoms with van der Waals surface area (Å²) < 4.78 is 82.7. The first-order valence-electron chi connectivity index (χ1n) is 11.3. The summed E-state index contributed by atoms with van der Waals surface area (Å²) in [5.74, 6) is -0.820. The average Bonchev–Trinajstić information content (AvgIpc) is 2.77. The van der Waals surface area contributed by atoms with Gasteiger partial charge in [0.25, 0.3) is 7.52 Å². The van der Waals surface area contributed by atoms with E-state index >= 15 is 4.20 Å². The van der Waals surface area contributed by atoms with Crippen molar-refractivity contribution in [2.45, 2.75) is 25.7 Å². The second-order valence-corrected chi connectivity index (χ2v) is 14.2. The van der Waals surface area contributed by atoms with Crippen LogP contribution in [0.1, 0.15) is 36.8 Å². The molecule has 184 valence electrons. The van der Waals surface area contributed by atoms with Crippen molar-refractivity contribution >= 4 is 34.3 Å². The van der Waals surface area contributed by atoms with Gasteiger partial charge in [0.2, 0.25) is 0 Å². The fraction of sp³-hybridized carbons (Fsp3) is 0.250. The number of allylic oxidation sites excluding steroid dienone is 6. The lowest BCUT2D eigenvalue weighted by Gasteiger charge is -2.39. The van der Waals surface area contributed by atoms with Crippen LogP contribution in [-0.4, -0.2) is 0 Å². The fourth-order valence-corrected chi connectivity index (χ4v) is 11.8. The van der Waals surface area contributed by atoms with Gasteiger partial charge in [0.1, 0.15) is 0 Å². The number of nitrogens with zero attached hydrogens (tertiary/aromatic N) is 3. The third kappa shape index (κ3) is 5.12. The minimum Gasteiger partial charge on any atom is -0.178 e. The molecule has 5 rings (SSSR count). The van der Waals surface area contributed by atoms with Gasteiger partial charge in [-0.1, -0.05) is 72.8 Å². The molecule has 0 fully saturated rings. The Morgan fingerprint density at radius 2 is 1.17 bits per heavy atom. The zero-order valence-corrected chi connectivity index (χ0v) is 21.2. The normalized spacial score (nSPS) is 30.4. The maximum atomic E-state index is 16.6. The van der Waals surface area contributed by atoms with Gasteiger partial charge in [0.05, 0.1) is 0 Å². The van der Waals surface area contributed by atoms with Gasteiger partial charge in [0.15, 0.2) is 0 Å². The standard InChI is InChI=1S/C24H23F5N3P3/c25-33(30-34(26,27)32-35(28,29)31-33)24-21-16-10-2-1-9-15-20(21)22(18-11-5-3-6-12-18)17-23(24)19-13-7-4-8-14-19/h1-8,11-14,17,20-21H,9-10,15-16H2/b2-1-/t20-,21+/m0/s1. The zero-order chi connectivity index (χ0) is 24.7. The lowest BCUT2D eigenvalue weighted by molar-refractivity contribution is 0.419. The topological polar surface area (TPSA) is 37.1 Å². The van der Waals surface area contributed by atoms with E-state index in [1.54, 1.807) is 36.4 Å². The Bertz CT molecular complexity index is 1380. The van der Waals surface area contributed by atoms with Crippen LogP contribution in [0.3, 0.4) is 0 Å². The first kappa shape index (κ1) is 24.7. The molecular weight excluding hydrogens is 518 g/mol. The summed E-state index contributed by atoms with van der Waals surface area (Å²) in [6, 6.07) is 18.4. The Morgan fingerprint density at radius 1 is 0.629 bits per heavy atom. The van der Waals surface area contributed by atoms with E-state index in [2.05, 4.69) is 19.6 Å². The van der Waals surface area contributed by atoms with Gasteiger partial charge in [-0.2, -0.15) is 13.2 Å². The van der Waals surface area contributed by atoms with E-state index in [1.807, 2.05) is 36.4 Å². The lowest BCUT2D eigenvalue weighted by Crippen LogP contribution is -2.23. The van der Waals surface area contributed by atoms with Crippen LogP contribution in [0.15, 0.2) is 97.8 Å². The van der Waals surface area contributed by atoms with Crippen LogP contribution in [-0.2, 0) is 0 Å². The maximum absolute atomic E-state index is 16.6. The van der Waals surface area contributed by atoms with Gasteiger partial charge in [0, 0.05) is 5.31 Å². The summed E-state index contributed by atoms with van der Waals surface area (Å²) in [5.41, 5.74) is 2.79. The van der Waals surface area contributed by atoms with Crippen molar-refractivity contribution in [1.29, 1.82) is 0 Å². The minimum absolute atomic E-state index is 0.0852. The number of hydrogen-bond donors (Lipinski definition) is 0. The van der Waals surface area contributed by atoms with Gasteiger partial charge < -0.3 is 0 Å². The van der Waals surface area contributed by atoms with Gasteiger partial charge >= 0.3 is 15.7 Å². The molecule has 1 aliphatic heterocycles. The molecule has 0 amide bonds. The summed E-state index contributed by atoms with van der Waals surface area (Å²) in [6.45, 7) is 0. The summed E-state index contributed by atoms with van der Waals surface area (Å²) in [5, 5.41) is -0.0852. The fourth-order valence-electron chi connectivity index (χ4n) is 5.13. The molecular formula is C24H23F5N3P3. The molecule has 0 saturated heterocycles. The second kappa shape index (κ2) is 9.47. The highest BCUT2D eigenvalue weighted by atomic mass is 31.3. The van der Waals surface area contributed by atoms with E-state index in [0.29, 0.717) is 36.8 Å². The first-order chi connectivity index (χ1) is 16.7. The number of fused-ring (bicyclic) bond motifs is 1. The van der Waals surface area contributed by atoms with Gasteiger partial charge in [-0.3, -0.25) is 0 Å². The molecule has 0 aromatic heterocycles. The van der Waals surface area contributed by atoms with Crippen molar-refractivity contribution in [2.24, 2.45) is 25.4 Å². The molecule has 2 aromatic rings. The zero-order valence-electron chi connectivity index (χ0n) is 18.6. The molecule has 0 spiro atoms. The second-order valence-electron chi connectivity index (χ2n) is 8.67. The highest BCUT2D eigenvalue weighted by Crippen LogP contribution is 2.85. The van der Waals surface area contributed by atoms with Crippen LogP contribution in [0.25, 0.3) is 11.1 Å². The van der Waals surface area contributed by atoms with E-state index in [0.717, 1.165) is 11.1 Å². The van der Waals surface area contributed by atoms with Crippen molar-refractivity contribution in [2.75, 3.05) is 0 Å². The summed E-state index contributed by atoms with van der Waals surface area (Å²) in [7, 11) is -16.8. The molecule has 0 radical (unpaired) electrons. The van der Waals surface area contributed by atoms with Crippen LogP contribution < -0.4 is 0 Å². The third-order valence-corrected chi connectivity index (χ3v) is 13.0. The van der Waals surface area contributed by atoms with Crippen molar-refractivity contribution in [3.8, 4) is 0 Å². The molecule has 11 heteroatoms. The predicted molar refractivity (Wildman–Crippen MR) is 136 cm³/mol. The third-order valence-electron chi connectivity index (χ3n) is 6.43. The molecule has 0 N–H and O–H groups in total. The molecule has 1 unspecified atom stereocenters. The quantitative estimate of drug-likeness (QED) is 0.211. The van der Waals surface area contributed by atoms with E-state index in [1.165, 1.54) is 0 Å². The molecule has 1 heterocycles. The number of hydrogen-bond acceptors (Lipinski definition) is 3. The molecule has 2 aromatic carbocycles. The van der Waals surface area contributed by atoms with E-state index in [-0.39, 0.29) is 11.2 Å². The van der Waals surface area contributed by atoms with Gasteiger partial charge in [-0.05, 0) is 65.9 Å². The molecule has 0 saturated carbocycles. The molecule has 3 nitrogen and oxygen atoms in total. The smallest absolute Gasteiger partial charge is 0.178 e. The van der Waals surface area contributed by atoms with Crippen molar-refractivity contribution in [3.63, 3.8) is 0 Å². The van der Waals surface area contributed by atoms with Crippen LogP contribution in [0.5, 0.6) is 0 Å². The Labute approximate surface area is 201 Å². The van der Waals surface area contributed by atoms with Crippen LogP contribution in [0.4, 0.5) is 21.0 Å². The summed E-state index contributed by atoms with van der Waals surface area (Å²) in [4.78, 5) is 0. The average molecular weight is 541 g/mol. The summed E-state index contributed by atoms with van der Waals surface area (Å²) in [6.07, 6.45) is 8.19. The van der Waals surface area contributed by atoms with Crippen LogP contribution in [0, 0.1) is 11.8 Å². The van der Waals surface area contributed by atoms with Crippen LogP contribution >= 0.6 is 23.2 Å². The molecule has 3 atom stereocenters. The Kier molecular flexibility index (Phi) is 6.68. The predicted octanol–water partition coefficient (Wildman–Crippen LogP) is 11.6. The van der Waals surface area contributed by atoms with Crippen molar-refractivity contribution in [1.82, 2.24) is 0 Å². The molecule has 2 aliphatic carbocycles. The monoisotopic (exact) mass is 541 g/mol. The lowest BCUT2D eigenvalue weighted by atomic mass is 9.71. The van der Waals surface area contributed by atoms with Crippen molar-refractivity contribution in [3.05, 3.63) is 95.3 Å². The largest absolute Gasteiger partial charge is 0.423 e. The highest BCUT2D eigenvalue weighted by Gasteiger charge is 2.47. The highest BCUT2D eigenvalue weighted by molar-refractivity contribution is 7.81. The first-order valence-corrected chi connectivity index (χ1v) is 15.8. The Balaban J connectivity index is 1.87. The minimum atomic E-state index is -5.84.